The lowest BCUT2D eigenvalue weighted by Gasteiger charge is -2.16. The summed E-state index contributed by atoms with van der Waals surface area (Å²) < 4.78 is 10.7. The van der Waals surface area contributed by atoms with Crippen LogP contribution in [0.4, 0.5) is 0 Å². The average Bonchev–Trinajstić information content (AvgIpc) is 3.04. The van der Waals surface area contributed by atoms with E-state index >= 15 is 0 Å². The van der Waals surface area contributed by atoms with E-state index in [9.17, 15) is 4.79 Å². The molecule has 0 fully saturated rings. The average molecular weight is 285 g/mol. The number of fused-ring (bicyclic) bond motifs is 1. The number of furan rings is 1. The zero-order valence-corrected chi connectivity index (χ0v) is 11.9. The van der Waals surface area contributed by atoms with Gasteiger partial charge in [-0.25, -0.2) is 0 Å². The zero-order valence-electron chi connectivity index (χ0n) is 11.9. The van der Waals surface area contributed by atoms with Crippen molar-refractivity contribution in [2.75, 3.05) is 6.61 Å². The number of carbonyl (C=O) groups is 1. The Balaban J connectivity index is 1.49. The van der Waals surface area contributed by atoms with Gasteiger partial charge in [0.1, 0.15) is 11.5 Å². The van der Waals surface area contributed by atoms with Gasteiger partial charge in [0.15, 0.2) is 6.61 Å². The van der Waals surface area contributed by atoms with E-state index in [1.165, 1.54) is 24.0 Å². The number of hydrogen-bond donors (Lipinski definition) is 1. The molecule has 0 saturated carbocycles. The van der Waals surface area contributed by atoms with E-state index in [1.54, 1.807) is 12.3 Å². The first-order valence-corrected chi connectivity index (χ1v) is 7.35. The van der Waals surface area contributed by atoms with Crippen molar-refractivity contribution in [3.63, 3.8) is 0 Å². The van der Waals surface area contributed by atoms with Gasteiger partial charge in [0, 0.05) is 0 Å². The SMILES string of the molecule is O=C(COc1ccc2c(c1)CCCC2)NCc1ccco1. The number of benzene rings is 1. The molecule has 21 heavy (non-hydrogen) atoms. The number of ether oxygens (including phenoxy) is 1. The lowest BCUT2D eigenvalue weighted by molar-refractivity contribution is -0.123. The summed E-state index contributed by atoms with van der Waals surface area (Å²) in [5.41, 5.74) is 2.77. The van der Waals surface area contributed by atoms with Crippen LogP contribution >= 0.6 is 0 Å². The molecule has 0 atom stereocenters. The summed E-state index contributed by atoms with van der Waals surface area (Å²) in [7, 11) is 0. The fourth-order valence-electron chi connectivity index (χ4n) is 2.60. The highest BCUT2D eigenvalue weighted by Crippen LogP contribution is 2.25. The van der Waals surface area contributed by atoms with Gasteiger partial charge in [0.25, 0.3) is 5.91 Å². The largest absolute Gasteiger partial charge is 0.484 e. The van der Waals surface area contributed by atoms with Crippen molar-refractivity contribution in [1.29, 1.82) is 0 Å². The highest BCUT2D eigenvalue weighted by atomic mass is 16.5. The third-order valence-corrected chi connectivity index (χ3v) is 3.73. The van der Waals surface area contributed by atoms with Crippen LogP contribution in [0.25, 0.3) is 0 Å². The van der Waals surface area contributed by atoms with Crippen molar-refractivity contribution < 1.29 is 13.9 Å². The minimum absolute atomic E-state index is 0.0273. The van der Waals surface area contributed by atoms with Crippen LogP contribution in [0.2, 0.25) is 0 Å². The van der Waals surface area contributed by atoms with Gasteiger partial charge < -0.3 is 14.5 Å². The van der Waals surface area contributed by atoms with Gasteiger partial charge in [-0.2, -0.15) is 0 Å². The fourth-order valence-corrected chi connectivity index (χ4v) is 2.60. The van der Waals surface area contributed by atoms with E-state index in [-0.39, 0.29) is 12.5 Å². The van der Waals surface area contributed by atoms with Crippen molar-refractivity contribution in [1.82, 2.24) is 5.32 Å². The molecule has 0 radical (unpaired) electrons. The Bertz CT molecular complexity index is 605. The van der Waals surface area contributed by atoms with E-state index in [0.29, 0.717) is 6.54 Å². The van der Waals surface area contributed by atoms with Crippen molar-refractivity contribution in [2.45, 2.75) is 32.2 Å². The third-order valence-electron chi connectivity index (χ3n) is 3.73. The summed E-state index contributed by atoms with van der Waals surface area (Å²) in [5, 5.41) is 2.76. The zero-order chi connectivity index (χ0) is 14.5. The Hall–Kier alpha value is -2.23. The summed E-state index contributed by atoms with van der Waals surface area (Å²) in [4.78, 5) is 11.7. The molecule has 1 aliphatic carbocycles. The third kappa shape index (κ3) is 3.66. The van der Waals surface area contributed by atoms with Gasteiger partial charge in [-0.05, 0) is 61.1 Å². The van der Waals surface area contributed by atoms with E-state index < -0.39 is 0 Å². The van der Waals surface area contributed by atoms with Gasteiger partial charge in [0.2, 0.25) is 0 Å². The molecule has 1 amide bonds. The summed E-state index contributed by atoms with van der Waals surface area (Å²) >= 11 is 0. The quantitative estimate of drug-likeness (QED) is 0.919. The van der Waals surface area contributed by atoms with Crippen molar-refractivity contribution >= 4 is 5.91 Å². The molecule has 4 heteroatoms. The number of nitrogens with one attached hydrogen (secondary N) is 1. The molecule has 1 heterocycles. The van der Waals surface area contributed by atoms with Crippen molar-refractivity contribution in [3.05, 3.63) is 53.5 Å². The first-order valence-electron chi connectivity index (χ1n) is 7.35. The van der Waals surface area contributed by atoms with E-state index in [2.05, 4.69) is 17.4 Å². The smallest absolute Gasteiger partial charge is 0.258 e. The van der Waals surface area contributed by atoms with Crippen LogP contribution in [0.5, 0.6) is 5.75 Å². The lowest BCUT2D eigenvalue weighted by atomic mass is 9.92. The maximum atomic E-state index is 11.7. The van der Waals surface area contributed by atoms with Gasteiger partial charge in [0.05, 0.1) is 12.8 Å². The predicted molar refractivity (Wildman–Crippen MR) is 79.1 cm³/mol. The van der Waals surface area contributed by atoms with Crippen LogP contribution < -0.4 is 10.1 Å². The molecule has 110 valence electrons. The van der Waals surface area contributed by atoms with Crippen LogP contribution in [-0.4, -0.2) is 12.5 Å². The van der Waals surface area contributed by atoms with Crippen LogP contribution in [0.15, 0.2) is 41.0 Å². The number of carbonyl (C=O) groups excluding carboxylic acids is 1. The van der Waals surface area contributed by atoms with Gasteiger partial charge in [-0.15, -0.1) is 0 Å². The van der Waals surface area contributed by atoms with Gasteiger partial charge in [-0.3, -0.25) is 4.79 Å². The number of aryl methyl sites for hydroxylation is 2. The van der Waals surface area contributed by atoms with Crippen molar-refractivity contribution in [2.24, 2.45) is 0 Å². The second-order valence-electron chi connectivity index (χ2n) is 5.28. The summed E-state index contributed by atoms with van der Waals surface area (Å²) in [6.45, 7) is 0.416. The molecule has 0 spiro atoms. The molecule has 0 unspecified atom stereocenters. The Morgan fingerprint density at radius 3 is 2.86 bits per heavy atom. The van der Waals surface area contributed by atoms with Crippen LogP contribution in [0.3, 0.4) is 0 Å². The predicted octanol–water partition coefficient (Wildman–Crippen LogP) is 2.85. The Labute approximate surface area is 124 Å². The normalized spacial score (nSPS) is 13.5. The molecule has 1 aromatic carbocycles. The van der Waals surface area contributed by atoms with Crippen LogP contribution in [-0.2, 0) is 24.2 Å². The van der Waals surface area contributed by atoms with Crippen LogP contribution in [0, 0.1) is 0 Å². The molecule has 0 aliphatic heterocycles. The lowest BCUT2D eigenvalue weighted by Crippen LogP contribution is -2.28. The molecular formula is C17H19NO3. The molecule has 1 aromatic heterocycles. The van der Waals surface area contributed by atoms with E-state index in [1.807, 2.05) is 12.1 Å². The van der Waals surface area contributed by atoms with E-state index in [0.717, 1.165) is 24.4 Å². The second kappa shape index (κ2) is 6.48. The maximum Gasteiger partial charge on any atom is 0.258 e. The first-order chi connectivity index (χ1) is 10.3. The standard InChI is InChI=1S/C17H19NO3/c19-17(18-11-16-6-3-9-20-16)12-21-15-8-7-13-4-1-2-5-14(13)10-15/h3,6-10H,1-2,4-5,11-12H2,(H,18,19). The van der Waals surface area contributed by atoms with Crippen molar-refractivity contribution in [3.8, 4) is 5.75 Å². The Kier molecular flexibility index (Phi) is 4.24. The summed E-state index contributed by atoms with van der Waals surface area (Å²) in [6, 6.07) is 9.75. The second-order valence-corrected chi connectivity index (χ2v) is 5.28. The topological polar surface area (TPSA) is 51.5 Å². The molecule has 1 aliphatic rings. The highest BCUT2D eigenvalue weighted by Gasteiger charge is 2.10. The first kappa shape index (κ1) is 13.7. The highest BCUT2D eigenvalue weighted by molar-refractivity contribution is 5.77. The molecule has 2 aromatic rings. The Morgan fingerprint density at radius 2 is 2.05 bits per heavy atom. The minimum atomic E-state index is -0.149. The monoisotopic (exact) mass is 285 g/mol. The number of hydrogen-bond acceptors (Lipinski definition) is 3. The number of amides is 1. The summed E-state index contributed by atoms with van der Waals surface area (Å²) in [6.07, 6.45) is 6.35. The maximum absolute atomic E-state index is 11.7. The molecule has 3 rings (SSSR count). The molecule has 0 saturated heterocycles. The number of rotatable bonds is 5. The molecule has 0 bridgehead atoms. The van der Waals surface area contributed by atoms with Gasteiger partial charge in [-0.1, -0.05) is 6.07 Å². The van der Waals surface area contributed by atoms with Crippen LogP contribution in [0.1, 0.15) is 29.7 Å². The van der Waals surface area contributed by atoms with E-state index in [4.69, 9.17) is 9.15 Å². The fraction of sp³-hybridized carbons (Fsp3) is 0.353. The molecular weight excluding hydrogens is 266 g/mol. The minimum Gasteiger partial charge on any atom is -0.484 e. The van der Waals surface area contributed by atoms with Gasteiger partial charge >= 0.3 is 0 Å². The molecule has 1 N–H and O–H groups in total. The Morgan fingerprint density at radius 1 is 1.19 bits per heavy atom. The molecule has 4 nitrogen and oxygen atoms in total. The summed E-state index contributed by atoms with van der Waals surface area (Å²) in [5.74, 6) is 1.35.